The Balaban J connectivity index is 1.29. The highest BCUT2D eigenvalue weighted by Crippen LogP contribution is 2.24. The van der Waals surface area contributed by atoms with Crippen molar-refractivity contribution in [3.63, 3.8) is 0 Å². The van der Waals surface area contributed by atoms with Crippen LogP contribution < -0.4 is 0 Å². The lowest BCUT2D eigenvalue weighted by atomic mass is 10.0. The summed E-state index contributed by atoms with van der Waals surface area (Å²) in [7, 11) is 1.83. The Kier molecular flexibility index (Phi) is 5.67. The molecule has 1 saturated heterocycles. The first-order chi connectivity index (χ1) is 16.0. The second kappa shape index (κ2) is 8.78. The van der Waals surface area contributed by atoms with E-state index in [1.54, 1.807) is 10.9 Å². The van der Waals surface area contributed by atoms with Crippen molar-refractivity contribution in [3.8, 4) is 11.3 Å². The smallest absolute Gasteiger partial charge is 0.190 e. The van der Waals surface area contributed by atoms with E-state index in [4.69, 9.17) is 0 Å². The van der Waals surface area contributed by atoms with Crippen molar-refractivity contribution >= 4 is 16.7 Å². The van der Waals surface area contributed by atoms with Gasteiger partial charge in [0.15, 0.2) is 5.78 Å². The molecule has 1 aliphatic rings. The summed E-state index contributed by atoms with van der Waals surface area (Å²) in [6.07, 6.45) is 5.79. The molecule has 1 aromatic carbocycles. The highest BCUT2D eigenvalue weighted by Gasteiger charge is 2.24. The molecule has 3 aromatic heterocycles. The van der Waals surface area contributed by atoms with E-state index in [2.05, 4.69) is 49.6 Å². The van der Waals surface area contributed by atoms with Crippen LogP contribution in [0.4, 0.5) is 0 Å². The number of aromatic nitrogens is 8. The number of benzene rings is 1. The van der Waals surface area contributed by atoms with Crippen molar-refractivity contribution in [2.75, 3.05) is 13.1 Å². The van der Waals surface area contributed by atoms with E-state index >= 15 is 0 Å². The molecule has 0 amide bonds. The molecule has 5 rings (SSSR count). The molecule has 33 heavy (non-hydrogen) atoms. The average Bonchev–Trinajstić information content (AvgIpc) is 3.48. The summed E-state index contributed by atoms with van der Waals surface area (Å²) < 4.78 is 3.51. The molecule has 170 valence electrons. The van der Waals surface area contributed by atoms with Gasteiger partial charge in [-0.3, -0.25) is 9.48 Å². The van der Waals surface area contributed by atoms with Crippen LogP contribution in [-0.4, -0.2) is 70.0 Å². The Morgan fingerprint density at radius 1 is 1.03 bits per heavy atom. The zero-order chi connectivity index (χ0) is 22.9. The maximum atomic E-state index is 12.9. The van der Waals surface area contributed by atoms with Gasteiger partial charge in [0.1, 0.15) is 11.4 Å². The monoisotopic (exact) mass is 445 g/mol. The predicted molar refractivity (Wildman–Crippen MR) is 123 cm³/mol. The van der Waals surface area contributed by atoms with Gasteiger partial charge in [-0.15, -0.1) is 10.2 Å². The Bertz CT molecular complexity index is 1280. The van der Waals surface area contributed by atoms with Gasteiger partial charge in [0.25, 0.3) is 0 Å². The topological polar surface area (TPSA) is 108 Å². The lowest BCUT2D eigenvalue weighted by Gasteiger charge is -2.34. The van der Waals surface area contributed by atoms with E-state index in [1.165, 1.54) is 0 Å². The van der Waals surface area contributed by atoms with Gasteiger partial charge in [-0.05, 0) is 44.9 Å². The molecular formula is C23H27N9O. The van der Waals surface area contributed by atoms with Gasteiger partial charge >= 0.3 is 0 Å². The molecule has 10 heteroatoms. The van der Waals surface area contributed by atoms with Crippen molar-refractivity contribution in [1.29, 1.82) is 0 Å². The minimum Gasteiger partial charge on any atom is -0.301 e. The van der Waals surface area contributed by atoms with Crippen LogP contribution in [0.1, 0.15) is 48.9 Å². The summed E-state index contributed by atoms with van der Waals surface area (Å²) in [6.45, 7) is 6.51. The molecule has 0 aliphatic carbocycles. The molecule has 0 saturated carbocycles. The third kappa shape index (κ3) is 4.51. The van der Waals surface area contributed by atoms with Crippen LogP contribution in [0.25, 0.3) is 22.2 Å². The number of fused-ring (bicyclic) bond motifs is 1. The number of hydrogen-bond acceptors (Lipinski definition) is 8. The lowest BCUT2D eigenvalue weighted by Crippen LogP contribution is -2.39. The largest absolute Gasteiger partial charge is 0.301 e. The number of carbonyl (C=O) groups is 1. The van der Waals surface area contributed by atoms with E-state index in [-0.39, 0.29) is 18.2 Å². The first-order valence-electron chi connectivity index (χ1n) is 11.3. The molecule has 0 spiro atoms. The quantitative estimate of drug-likeness (QED) is 0.417. The van der Waals surface area contributed by atoms with Crippen LogP contribution in [0.2, 0.25) is 0 Å². The molecule has 1 aliphatic heterocycles. The van der Waals surface area contributed by atoms with Crippen molar-refractivity contribution < 1.29 is 4.79 Å². The molecule has 0 N–H and O–H groups in total. The molecule has 4 heterocycles. The Morgan fingerprint density at radius 2 is 1.85 bits per heavy atom. The summed E-state index contributed by atoms with van der Waals surface area (Å²) in [5.74, 6) is -0.111. The second-order valence-electron chi connectivity index (χ2n) is 8.93. The normalized spacial score (nSPS) is 15.5. The van der Waals surface area contributed by atoms with Gasteiger partial charge in [0, 0.05) is 37.1 Å². The number of hydrogen-bond donors (Lipinski definition) is 0. The van der Waals surface area contributed by atoms with E-state index < -0.39 is 0 Å². The maximum absolute atomic E-state index is 12.9. The number of Topliss-reactive ketones (excluding diaryl/α,β-unsaturated/α-hetero) is 1. The highest BCUT2D eigenvalue weighted by molar-refractivity contribution is 5.95. The first-order valence-corrected chi connectivity index (χ1v) is 11.3. The fourth-order valence-corrected chi connectivity index (χ4v) is 4.32. The number of nitrogens with zero attached hydrogens (tertiary/aromatic N) is 9. The molecule has 4 aromatic rings. The number of aryl methyl sites for hydroxylation is 1. The zero-order valence-electron chi connectivity index (χ0n) is 19.1. The summed E-state index contributed by atoms with van der Waals surface area (Å²) in [4.78, 5) is 15.3. The number of piperidine rings is 1. The number of likely N-dealkylation sites (tertiary alicyclic amines) is 1. The maximum Gasteiger partial charge on any atom is 0.190 e. The van der Waals surface area contributed by atoms with Crippen molar-refractivity contribution in [3.05, 3.63) is 48.0 Å². The van der Waals surface area contributed by atoms with Crippen molar-refractivity contribution in [2.24, 2.45) is 7.05 Å². The van der Waals surface area contributed by atoms with Gasteiger partial charge in [0.2, 0.25) is 0 Å². The third-order valence-corrected chi connectivity index (χ3v) is 6.28. The SMILES string of the molecule is CC(C)N1CCC(n2cc(C(=O)Cc3cc4cc(-c5cn(C)nn5)ccc4nn3)nn2)CC1. The molecule has 0 radical (unpaired) electrons. The molecule has 1 fully saturated rings. The Labute approximate surface area is 191 Å². The second-order valence-corrected chi connectivity index (χ2v) is 8.93. The predicted octanol–water partition coefficient (Wildman–Crippen LogP) is 2.49. The molecule has 10 nitrogen and oxygen atoms in total. The average molecular weight is 446 g/mol. The summed E-state index contributed by atoms with van der Waals surface area (Å²) in [5.41, 5.74) is 3.45. The van der Waals surface area contributed by atoms with Crippen LogP contribution in [0, 0.1) is 0 Å². The van der Waals surface area contributed by atoms with Gasteiger partial charge in [-0.2, -0.15) is 10.2 Å². The van der Waals surface area contributed by atoms with Crippen LogP contribution in [0.3, 0.4) is 0 Å². The number of rotatable bonds is 6. The molecular weight excluding hydrogens is 418 g/mol. The summed E-state index contributed by atoms with van der Waals surface area (Å²) in [5, 5.41) is 26.0. The third-order valence-electron chi connectivity index (χ3n) is 6.28. The molecule has 0 bridgehead atoms. The zero-order valence-corrected chi connectivity index (χ0v) is 19.1. The summed E-state index contributed by atoms with van der Waals surface area (Å²) in [6, 6.07) is 8.56. The van der Waals surface area contributed by atoms with E-state index in [9.17, 15) is 4.79 Å². The van der Waals surface area contributed by atoms with Crippen LogP contribution >= 0.6 is 0 Å². The number of ketones is 1. The number of carbonyl (C=O) groups excluding carboxylic acids is 1. The minimum absolute atomic E-state index is 0.111. The fourth-order valence-electron chi connectivity index (χ4n) is 4.32. The van der Waals surface area contributed by atoms with Crippen molar-refractivity contribution in [1.82, 2.24) is 45.1 Å². The van der Waals surface area contributed by atoms with Crippen LogP contribution in [0.15, 0.2) is 36.7 Å². The van der Waals surface area contributed by atoms with E-state index in [0.29, 0.717) is 17.4 Å². The summed E-state index contributed by atoms with van der Waals surface area (Å²) >= 11 is 0. The van der Waals surface area contributed by atoms with Gasteiger partial charge in [0.05, 0.1) is 36.1 Å². The standard InChI is InChI=1S/C23H27N9O/c1-15(2)31-8-6-19(7-9-31)32-14-22(27-29-32)23(33)12-18-11-17-10-16(4-5-20(17)25-24-18)21-13-30(3)28-26-21/h4-5,10-11,13-15,19H,6-9,12H2,1-3H3. The first kappa shape index (κ1) is 21.3. The van der Waals surface area contributed by atoms with Gasteiger partial charge in [-0.1, -0.05) is 16.5 Å². The lowest BCUT2D eigenvalue weighted by molar-refractivity contribution is 0.0987. The van der Waals surface area contributed by atoms with Crippen LogP contribution in [-0.2, 0) is 13.5 Å². The molecule has 0 atom stereocenters. The highest BCUT2D eigenvalue weighted by atomic mass is 16.1. The minimum atomic E-state index is -0.111. The Morgan fingerprint density at radius 3 is 2.58 bits per heavy atom. The Hall–Kier alpha value is -3.53. The molecule has 0 unspecified atom stereocenters. The fraction of sp³-hybridized carbons (Fsp3) is 0.435. The van der Waals surface area contributed by atoms with Crippen LogP contribution in [0.5, 0.6) is 0 Å². The van der Waals surface area contributed by atoms with E-state index in [0.717, 1.165) is 48.1 Å². The van der Waals surface area contributed by atoms with E-state index in [1.807, 2.05) is 42.2 Å². The van der Waals surface area contributed by atoms with Crippen molar-refractivity contribution in [2.45, 2.75) is 45.2 Å². The van der Waals surface area contributed by atoms with Gasteiger partial charge < -0.3 is 4.90 Å². The van der Waals surface area contributed by atoms with Gasteiger partial charge in [-0.25, -0.2) is 4.68 Å².